The standard InChI is InChI=1S/C17H33N5O2S2.HI/c1-14(2)22(15(3)4)12-7-9-19-17(18-5)20-10-11-21-26(23,24)16-8-6-13-25-16;/h6,8,13-15,21H,7,9-12H2,1-5H3,(H2,18,19,20);1H. The third-order valence-corrected chi connectivity index (χ3v) is 6.76. The molecule has 0 aromatic carbocycles. The Morgan fingerprint density at radius 2 is 1.78 bits per heavy atom. The Bertz CT molecular complexity index is 626. The molecule has 1 rings (SSSR count). The summed E-state index contributed by atoms with van der Waals surface area (Å²) in [4.78, 5) is 6.62. The van der Waals surface area contributed by atoms with Gasteiger partial charge in [0.05, 0.1) is 0 Å². The molecule has 10 heteroatoms. The first-order valence-electron chi connectivity index (χ1n) is 9.01. The minimum atomic E-state index is -3.41. The largest absolute Gasteiger partial charge is 0.356 e. The van der Waals surface area contributed by atoms with Crippen molar-refractivity contribution in [2.45, 2.75) is 50.4 Å². The van der Waals surface area contributed by atoms with Gasteiger partial charge in [-0.2, -0.15) is 0 Å². The van der Waals surface area contributed by atoms with E-state index in [-0.39, 0.29) is 24.0 Å². The Hall–Kier alpha value is -0.430. The van der Waals surface area contributed by atoms with Crippen LogP contribution in [0.4, 0.5) is 0 Å². The number of sulfonamides is 1. The number of nitrogens with one attached hydrogen (secondary N) is 3. The van der Waals surface area contributed by atoms with Crippen LogP contribution in [0.25, 0.3) is 0 Å². The molecule has 1 heterocycles. The maximum Gasteiger partial charge on any atom is 0.250 e. The van der Waals surface area contributed by atoms with E-state index in [0.29, 0.717) is 35.3 Å². The van der Waals surface area contributed by atoms with E-state index in [1.54, 1.807) is 24.6 Å². The molecule has 0 aliphatic carbocycles. The van der Waals surface area contributed by atoms with Gasteiger partial charge in [0.15, 0.2) is 5.96 Å². The molecule has 0 aliphatic heterocycles. The van der Waals surface area contributed by atoms with Crippen LogP contribution in [-0.2, 0) is 10.0 Å². The molecule has 27 heavy (non-hydrogen) atoms. The van der Waals surface area contributed by atoms with Gasteiger partial charge >= 0.3 is 0 Å². The number of rotatable bonds is 11. The van der Waals surface area contributed by atoms with Gasteiger partial charge in [0.1, 0.15) is 4.21 Å². The Kier molecular flexibility index (Phi) is 13.5. The maximum absolute atomic E-state index is 12.0. The Morgan fingerprint density at radius 1 is 1.15 bits per heavy atom. The molecule has 0 unspecified atom stereocenters. The predicted octanol–water partition coefficient (Wildman–Crippen LogP) is 2.32. The van der Waals surface area contributed by atoms with Crippen LogP contribution in [0.5, 0.6) is 0 Å². The average Bonchev–Trinajstić information content (AvgIpc) is 3.11. The molecule has 158 valence electrons. The fraction of sp³-hybridized carbons (Fsp3) is 0.706. The summed E-state index contributed by atoms with van der Waals surface area (Å²) >= 11 is 1.21. The first-order valence-corrected chi connectivity index (χ1v) is 11.4. The van der Waals surface area contributed by atoms with E-state index in [0.717, 1.165) is 19.5 Å². The van der Waals surface area contributed by atoms with E-state index < -0.39 is 10.0 Å². The first-order chi connectivity index (χ1) is 12.3. The van der Waals surface area contributed by atoms with Crippen LogP contribution in [0.1, 0.15) is 34.1 Å². The summed E-state index contributed by atoms with van der Waals surface area (Å²) in [7, 11) is -1.70. The molecule has 0 spiro atoms. The molecule has 0 saturated carbocycles. The van der Waals surface area contributed by atoms with Crippen molar-refractivity contribution in [2.75, 3.05) is 33.2 Å². The maximum atomic E-state index is 12.0. The van der Waals surface area contributed by atoms with Crippen molar-refractivity contribution in [2.24, 2.45) is 4.99 Å². The monoisotopic (exact) mass is 531 g/mol. The number of nitrogens with zero attached hydrogens (tertiary/aromatic N) is 2. The highest BCUT2D eigenvalue weighted by atomic mass is 127. The minimum absolute atomic E-state index is 0. The summed E-state index contributed by atoms with van der Waals surface area (Å²) < 4.78 is 26.9. The normalized spacial score (nSPS) is 12.5. The Labute approximate surface area is 185 Å². The quantitative estimate of drug-likeness (QED) is 0.177. The third kappa shape index (κ3) is 10.1. The van der Waals surface area contributed by atoms with Gasteiger partial charge in [-0.15, -0.1) is 35.3 Å². The van der Waals surface area contributed by atoms with Crippen molar-refractivity contribution in [3.8, 4) is 0 Å². The van der Waals surface area contributed by atoms with E-state index in [2.05, 4.69) is 52.9 Å². The molecule has 0 saturated heterocycles. The van der Waals surface area contributed by atoms with E-state index >= 15 is 0 Å². The van der Waals surface area contributed by atoms with Gasteiger partial charge in [0.25, 0.3) is 0 Å². The predicted molar refractivity (Wildman–Crippen MR) is 126 cm³/mol. The summed E-state index contributed by atoms with van der Waals surface area (Å²) in [6, 6.07) is 4.38. The molecule has 0 radical (unpaired) electrons. The molecule has 3 N–H and O–H groups in total. The van der Waals surface area contributed by atoms with Crippen LogP contribution < -0.4 is 15.4 Å². The Morgan fingerprint density at radius 3 is 2.30 bits per heavy atom. The molecule has 0 aliphatic rings. The lowest BCUT2D eigenvalue weighted by atomic mass is 10.2. The minimum Gasteiger partial charge on any atom is -0.356 e. The topological polar surface area (TPSA) is 85.8 Å². The summed E-state index contributed by atoms with van der Waals surface area (Å²) in [5.41, 5.74) is 0. The molecule has 0 amide bonds. The zero-order valence-electron chi connectivity index (χ0n) is 16.9. The lowest BCUT2D eigenvalue weighted by Crippen LogP contribution is -2.43. The van der Waals surface area contributed by atoms with Crippen molar-refractivity contribution < 1.29 is 8.42 Å². The lowest BCUT2D eigenvalue weighted by Gasteiger charge is -2.30. The Balaban J connectivity index is 0.00000676. The molecular weight excluding hydrogens is 497 g/mol. The molecule has 7 nitrogen and oxygen atoms in total. The second-order valence-corrected chi connectivity index (χ2v) is 9.48. The van der Waals surface area contributed by atoms with Crippen LogP contribution in [0.2, 0.25) is 0 Å². The van der Waals surface area contributed by atoms with Crippen LogP contribution in [-0.4, -0.2) is 64.6 Å². The highest BCUT2D eigenvalue weighted by Gasteiger charge is 2.14. The van der Waals surface area contributed by atoms with Gasteiger partial charge in [-0.05, 0) is 45.6 Å². The van der Waals surface area contributed by atoms with Crippen LogP contribution in [0, 0.1) is 0 Å². The number of thiophene rings is 1. The van der Waals surface area contributed by atoms with Gasteiger partial charge in [-0.1, -0.05) is 6.07 Å². The smallest absolute Gasteiger partial charge is 0.250 e. The van der Waals surface area contributed by atoms with Crippen molar-refractivity contribution in [3.63, 3.8) is 0 Å². The number of hydrogen-bond donors (Lipinski definition) is 3. The molecular formula is C17H34IN5O2S2. The summed E-state index contributed by atoms with van der Waals surface area (Å²) in [5, 5.41) is 8.14. The number of halogens is 1. The summed E-state index contributed by atoms with van der Waals surface area (Å²) in [6.45, 7) is 11.5. The van der Waals surface area contributed by atoms with E-state index in [9.17, 15) is 8.42 Å². The zero-order valence-corrected chi connectivity index (χ0v) is 20.8. The highest BCUT2D eigenvalue weighted by Crippen LogP contribution is 2.14. The zero-order chi connectivity index (χ0) is 19.6. The van der Waals surface area contributed by atoms with E-state index in [1.165, 1.54) is 11.3 Å². The van der Waals surface area contributed by atoms with Gasteiger partial charge < -0.3 is 10.6 Å². The van der Waals surface area contributed by atoms with Gasteiger partial charge in [-0.25, -0.2) is 13.1 Å². The van der Waals surface area contributed by atoms with Crippen LogP contribution >= 0.6 is 35.3 Å². The molecule has 0 fully saturated rings. The third-order valence-electron chi connectivity index (χ3n) is 3.91. The van der Waals surface area contributed by atoms with Gasteiger partial charge in [0, 0.05) is 45.3 Å². The summed E-state index contributed by atoms with van der Waals surface area (Å²) in [5.74, 6) is 0.681. The SMILES string of the molecule is CN=C(NCCCN(C(C)C)C(C)C)NCCNS(=O)(=O)c1cccs1.I. The first kappa shape index (κ1) is 26.6. The molecule has 0 bridgehead atoms. The van der Waals surface area contributed by atoms with E-state index in [1.807, 2.05) is 0 Å². The number of aliphatic imine (C=N–C) groups is 1. The molecule has 1 aromatic rings. The fourth-order valence-electron chi connectivity index (χ4n) is 2.66. The van der Waals surface area contributed by atoms with Gasteiger partial charge in [-0.3, -0.25) is 9.89 Å². The molecule has 1 aromatic heterocycles. The van der Waals surface area contributed by atoms with Crippen LogP contribution in [0.3, 0.4) is 0 Å². The number of guanidine groups is 1. The van der Waals surface area contributed by atoms with Gasteiger partial charge in [0.2, 0.25) is 10.0 Å². The fourth-order valence-corrected chi connectivity index (χ4v) is 4.72. The second-order valence-electron chi connectivity index (χ2n) is 6.53. The molecule has 0 atom stereocenters. The summed E-state index contributed by atoms with van der Waals surface area (Å²) in [6.07, 6.45) is 1.02. The van der Waals surface area contributed by atoms with Crippen molar-refractivity contribution >= 4 is 51.3 Å². The van der Waals surface area contributed by atoms with Crippen molar-refractivity contribution in [1.82, 2.24) is 20.3 Å². The number of hydrogen-bond acceptors (Lipinski definition) is 5. The van der Waals surface area contributed by atoms with Crippen LogP contribution in [0.15, 0.2) is 26.7 Å². The highest BCUT2D eigenvalue weighted by molar-refractivity contribution is 14.0. The van der Waals surface area contributed by atoms with Crippen molar-refractivity contribution in [3.05, 3.63) is 17.5 Å². The van der Waals surface area contributed by atoms with Crippen molar-refractivity contribution in [1.29, 1.82) is 0 Å². The lowest BCUT2D eigenvalue weighted by molar-refractivity contribution is 0.173. The second kappa shape index (κ2) is 13.7. The average molecular weight is 532 g/mol. The van der Waals surface area contributed by atoms with E-state index in [4.69, 9.17) is 0 Å².